The predicted molar refractivity (Wildman–Crippen MR) is 156 cm³/mol. The maximum absolute atomic E-state index is 14.3. The van der Waals surface area contributed by atoms with Gasteiger partial charge in [-0.3, -0.25) is 4.79 Å². The van der Waals surface area contributed by atoms with Crippen LogP contribution in [-0.2, 0) is 11.2 Å². The first kappa shape index (κ1) is 28.8. The maximum Gasteiger partial charge on any atom is 0.407 e. The largest absolute Gasteiger partial charge is 0.465 e. The van der Waals surface area contributed by atoms with Gasteiger partial charge in [-0.05, 0) is 38.7 Å². The Labute approximate surface area is 241 Å². The predicted octanol–water partition coefficient (Wildman–Crippen LogP) is 4.87. The van der Waals surface area contributed by atoms with Crippen molar-refractivity contribution in [2.45, 2.75) is 69.7 Å². The molecule has 3 aromatic rings. The third-order valence-corrected chi connectivity index (χ3v) is 8.33. The number of aromatic nitrogens is 2. The number of carbonyl (C=O) groups is 2. The van der Waals surface area contributed by atoms with Gasteiger partial charge in [0.1, 0.15) is 5.60 Å². The number of nitrogens with zero attached hydrogens (tertiary/aromatic N) is 4. The molecule has 2 amide bonds. The summed E-state index contributed by atoms with van der Waals surface area (Å²) in [6.07, 6.45) is 4.45. The molecule has 1 saturated carbocycles. The highest BCUT2D eigenvalue weighted by Crippen LogP contribution is 2.41. The molecule has 2 N–H and O–H groups in total. The topological polar surface area (TPSA) is 108 Å². The summed E-state index contributed by atoms with van der Waals surface area (Å²) in [5.74, 6) is -0.230. The van der Waals surface area contributed by atoms with Crippen LogP contribution in [0.2, 0.25) is 0 Å². The van der Waals surface area contributed by atoms with Crippen LogP contribution in [0.15, 0.2) is 67.0 Å². The Morgan fingerprint density at radius 2 is 1.76 bits per heavy atom. The minimum Gasteiger partial charge on any atom is -0.465 e. The molecule has 9 nitrogen and oxygen atoms in total. The van der Waals surface area contributed by atoms with Crippen LogP contribution in [0.3, 0.4) is 0 Å². The van der Waals surface area contributed by atoms with E-state index in [2.05, 4.69) is 4.98 Å². The summed E-state index contributed by atoms with van der Waals surface area (Å²) in [6.45, 7) is 4.87. The summed E-state index contributed by atoms with van der Waals surface area (Å²) in [7, 11) is 0. The molecule has 218 valence electrons. The Kier molecular flexibility index (Phi) is 8.75. The van der Waals surface area contributed by atoms with Gasteiger partial charge >= 0.3 is 6.09 Å². The number of hydrogen-bond acceptors (Lipinski definition) is 5. The number of piperazine rings is 1. The summed E-state index contributed by atoms with van der Waals surface area (Å²) in [5.41, 5.74) is 1.78. The lowest BCUT2D eigenvalue weighted by Gasteiger charge is -2.42. The lowest BCUT2D eigenvalue weighted by Crippen LogP contribution is -2.57. The molecule has 2 aliphatic rings. The number of hydrogen-bond donors (Lipinski definition) is 2. The Balaban J connectivity index is 1.53. The molecule has 0 radical (unpaired) electrons. The number of amides is 2. The molecule has 1 saturated heterocycles. The second-order valence-electron chi connectivity index (χ2n) is 11.5. The van der Waals surface area contributed by atoms with E-state index >= 15 is 0 Å². The van der Waals surface area contributed by atoms with Crippen LogP contribution in [0.25, 0.3) is 11.3 Å². The lowest BCUT2D eigenvalue weighted by molar-refractivity contribution is -0.111. The molecule has 2 fully saturated rings. The Hall–Kier alpha value is -3.69. The average molecular weight is 561 g/mol. The molecular formula is C32H40N4O5. The van der Waals surface area contributed by atoms with Gasteiger partial charge in [0.05, 0.1) is 36.8 Å². The summed E-state index contributed by atoms with van der Waals surface area (Å²) in [4.78, 5) is 34.0. The molecule has 2 heterocycles. The number of aliphatic hydroxyl groups is 1. The van der Waals surface area contributed by atoms with Crippen LogP contribution in [-0.4, -0.2) is 85.6 Å². The monoisotopic (exact) mass is 560 g/mol. The molecule has 2 aromatic carbocycles. The molecular weight excluding hydrogens is 520 g/mol. The number of ether oxygens (including phenoxy) is 1. The molecule has 0 spiro atoms. The van der Waals surface area contributed by atoms with Gasteiger partial charge in [-0.2, -0.15) is 0 Å². The van der Waals surface area contributed by atoms with Crippen molar-refractivity contribution in [2.24, 2.45) is 0 Å². The zero-order chi connectivity index (χ0) is 29.0. The van der Waals surface area contributed by atoms with Gasteiger partial charge in [-0.1, -0.05) is 73.5 Å². The third kappa shape index (κ3) is 6.31. The molecule has 1 aliphatic carbocycles. The summed E-state index contributed by atoms with van der Waals surface area (Å²) in [6, 6.07) is 18.9. The fourth-order valence-electron chi connectivity index (χ4n) is 6.21. The third-order valence-electron chi connectivity index (χ3n) is 8.33. The van der Waals surface area contributed by atoms with Crippen molar-refractivity contribution in [1.82, 2.24) is 19.4 Å². The molecule has 41 heavy (non-hydrogen) atoms. The van der Waals surface area contributed by atoms with Gasteiger partial charge in [-0.15, -0.1) is 0 Å². The van der Waals surface area contributed by atoms with Gasteiger partial charge in [0.15, 0.2) is 5.69 Å². The smallest absolute Gasteiger partial charge is 0.407 e. The molecule has 0 bridgehead atoms. The second kappa shape index (κ2) is 12.4. The summed E-state index contributed by atoms with van der Waals surface area (Å²) >= 11 is 0. The highest BCUT2D eigenvalue weighted by atomic mass is 16.5. The Morgan fingerprint density at radius 1 is 1.05 bits per heavy atom. The summed E-state index contributed by atoms with van der Waals surface area (Å²) < 4.78 is 7.90. The number of benzene rings is 2. The van der Waals surface area contributed by atoms with E-state index in [-0.39, 0.29) is 50.3 Å². The molecule has 2 unspecified atom stereocenters. The molecule has 3 atom stereocenters. The molecule has 1 aliphatic heterocycles. The van der Waals surface area contributed by atoms with Crippen molar-refractivity contribution in [3.8, 4) is 11.3 Å². The SMILES string of the molecule is CC(C)OCC1(O)CCCCC1n1cnc(C(=O)N2CCN(C(=O)O)C[C@H]2Cc2ccccc2)c1-c1ccccc1. The quantitative estimate of drug-likeness (QED) is 0.407. The fraction of sp³-hybridized carbons (Fsp3) is 0.469. The van der Waals surface area contributed by atoms with E-state index in [0.717, 1.165) is 30.4 Å². The van der Waals surface area contributed by atoms with E-state index in [0.29, 0.717) is 24.2 Å². The minimum absolute atomic E-state index is 0.0128. The van der Waals surface area contributed by atoms with Crippen LogP contribution in [0.4, 0.5) is 4.79 Å². The van der Waals surface area contributed by atoms with Crippen molar-refractivity contribution in [1.29, 1.82) is 0 Å². The van der Waals surface area contributed by atoms with E-state index in [1.54, 1.807) is 11.2 Å². The first-order valence-electron chi connectivity index (χ1n) is 14.6. The highest BCUT2D eigenvalue weighted by molar-refractivity contribution is 5.98. The van der Waals surface area contributed by atoms with E-state index in [1.807, 2.05) is 79.1 Å². The van der Waals surface area contributed by atoms with Crippen molar-refractivity contribution >= 4 is 12.0 Å². The van der Waals surface area contributed by atoms with Crippen LogP contribution in [0.5, 0.6) is 0 Å². The van der Waals surface area contributed by atoms with Gasteiger partial charge < -0.3 is 29.3 Å². The fourth-order valence-corrected chi connectivity index (χ4v) is 6.21. The summed E-state index contributed by atoms with van der Waals surface area (Å²) in [5, 5.41) is 21.6. The van der Waals surface area contributed by atoms with E-state index in [1.165, 1.54) is 4.90 Å². The van der Waals surface area contributed by atoms with E-state index in [4.69, 9.17) is 4.74 Å². The first-order chi connectivity index (χ1) is 19.8. The molecule has 5 rings (SSSR count). The molecule has 1 aromatic heterocycles. The zero-order valence-electron chi connectivity index (χ0n) is 23.9. The standard InChI is InChI=1S/C32H40N4O5/c1-23(2)41-21-32(40)16-10-9-15-27(32)36-22-33-28(29(36)25-13-7-4-8-14-25)30(37)35-18-17-34(31(38)39)20-26(35)19-24-11-5-3-6-12-24/h3-8,11-14,22-23,26-27,40H,9-10,15-21H2,1-2H3,(H,38,39)/t26-,27?,32?/m1/s1. The number of imidazole rings is 1. The van der Waals surface area contributed by atoms with E-state index < -0.39 is 11.7 Å². The normalized spacial score (nSPS) is 23.1. The van der Waals surface area contributed by atoms with Crippen molar-refractivity contribution in [3.63, 3.8) is 0 Å². The number of carboxylic acid groups (broad SMARTS) is 1. The first-order valence-corrected chi connectivity index (χ1v) is 14.6. The Morgan fingerprint density at radius 3 is 2.44 bits per heavy atom. The van der Waals surface area contributed by atoms with Gasteiger partial charge in [-0.25, -0.2) is 9.78 Å². The van der Waals surface area contributed by atoms with Crippen molar-refractivity contribution < 1.29 is 24.5 Å². The minimum atomic E-state index is -1.09. The van der Waals surface area contributed by atoms with Crippen LogP contribution >= 0.6 is 0 Å². The zero-order valence-corrected chi connectivity index (χ0v) is 23.9. The average Bonchev–Trinajstić information content (AvgIpc) is 3.42. The number of rotatable bonds is 8. The van der Waals surface area contributed by atoms with Crippen molar-refractivity contribution in [3.05, 3.63) is 78.2 Å². The van der Waals surface area contributed by atoms with Gasteiger partial charge in [0.25, 0.3) is 5.91 Å². The van der Waals surface area contributed by atoms with E-state index in [9.17, 15) is 19.8 Å². The lowest BCUT2D eigenvalue weighted by atomic mass is 9.80. The Bertz CT molecular complexity index is 1330. The van der Waals surface area contributed by atoms with Crippen LogP contribution in [0, 0.1) is 0 Å². The van der Waals surface area contributed by atoms with Gasteiger partial charge in [0, 0.05) is 25.2 Å². The molecule has 9 heteroatoms. The van der Waals surface area contributed by atoms with Crippen LogP contribution < -0.4 is 0 Å². The second-order valence-corrected chi connectivity index (χ2v) is 11.5. The van der Waals surface area contributed by atoms with Crippen molar-refractivity contribution in [2.75, 3.05) is 26.2 Å². The maximum atomic E-state index is 14.3. The highest BCUT2D eigenvalue weighted by Gasteiger charge is 2.43. The van der Waals surface area contributed by atoms with Crippen LogP contribution in [0.1, 0.15) is 61.6 Å². The number of carbonyl (C=O) groups excluding carboxylic acids is 1. The van der Waals surface area contributed by atoms with Gasteiger partial charge in [0.2, 0.25) is 0 Å².